The first-order valence-corrected chi connectivity index (χ1v) is 17.8. The van der Waals surface area contributed by atoms with Crippen LogP contribution < -0.4 is 16.5 Å². The van der Waals surface area contributed by atoms with Gasteiger partial charge >= 0.3 is 12.1 Å². The maximum absolute atomic E-state index is 13.9. The largest absolute Gasteiger partial charge is 0.481 e. The summed E-state index contributed by atoms with van der Waals surface area (Å²) in [5.41, 5.74) is 10.4. The Labute approximate surface area is 268 Å². The molecule has 15 heteroatoms. The molecule has 11 nitrogen and oxygen atoms in total. The second-order valence-electron chi connectivity index (χ2n) is 10.4. The highest BCUT2D eigenvalue weighted by atomic mass is 32.2. The van der Waals surface area contributed by atoms with Gasteiger partial charge in [-0.15, -0.1) is 23.1 Å². The molecule has 0 radical (unpaired) electrons. The van der Waals surface area contributed by atoms with Gasteiger partial charge in [0.1, 0.15) is 5.60 Å². The molecular weight excluding hydrogens is 645 g/mol. The molecule has 0 saturated heterocycles. The number of hydrazone groups is 1. The Hall–Kier alpha value is -3.53. The molecule has 3 rings (SSSR count). The second kappa shape index (κ2) is 15.0. The average molecular weight is 679 g/mol. The number of anilines is 2. The first kappa shape index (κ1) is 35.0. The van der Waals surface area contributed by atoms with Crippen LogP contribution in [0.5, 0.6) is 0 Å². The van der Waals surface area contributed by atoms with E-state index in [0.717, 1.165) is 5.56 Å². The van der Waals surface area contributed by atoms with E-state index in [2.05, 4.69) is 15.8 Å². The molecule has 0 spiro atoms. The number of carboxylic acids is 1. The van der Waals surface area contributed by atoms with Crippen LogP contribution in [-0.4, -0.2) is 61.1 Å². The van der Waals surface area contributed by atoms with Crippen molar-refractivity contribution < 1.29 is 32.6 Å². The summed E-state index contributed by atoms with van der Waals surface area (Å²) in [4.78, 5) is 36.0. The molecule has 0 fully saturated rings. The van der Waals surface area contributed by atoms with E-state index in [-0.39, 0.29) is 27.9 Å². The number of hydrogen-bond acceptors (Lipinski definition) is 11. The molecule has 0 aliphatic carbocycles. The predicted molar refractivity (Wildman–Crippen MR) is 178 cm³/mol. The van der Waals surface area contributed by atoms with E-state index in [1.54, 1.807) is 57.4 Å². The number of nitrogens with one attached hydrogen (secondary N) is 2. The fourth-order valence-electron chi connectivity index (χ4n) is 3.97. The highest BCUT2D eigenvalue weighted by molar-refractivity contribution is 8.01. The molecule has 3 aromatic rings. The van der Waals surface area contributed by atoms with E-state index < -0.39 is 27.5 Å². The Kier molecular flexibility index (Phi) is 11.9. The van der Waals surface area contributed by atoms with Crippen LogP contribution in [0.1, 0.15) is 37.6 Å². The highest BCUT2D eigenvalue weighted by Gasteiger charge is 2.25. The van der Waals surface area contributed by atoms with Crippen molar-refractivity contribution in [2.24, 2.45) is 5.10 Å². The topological polar surface area (TPSA) is 177 Å². The molecule has 0 atom stereocenters. The molecule has 0 bridgehead atoms. The van der Waals surface area contributed by atoms with Crippen LogP contribution in [0.25, 0.3) is 11.1 Å². The number of hydrogen-bond donors (Lipinski definition) is 4. The van der Waals surface area contributed by atoms with Gasteiger partial charge in [0.15, 0.2) is 0 Å². The molecule has 0 aliphatic rings. The number of carbonyl (C=O) groups is 3. The van der Waals surface area contributed by atoms with Crippen molar-refractivity contribution in [1.82, 2.24) is 5.43 Å². The van der Waals surface area contributed by atoms with Gasteiger partial charge in [-0.3, -0.25) is 9.59 Å². The fourth-order valence-corrected chi connectivity index (χ4v) is 8.63. The third kappa shape index (κ3) is 9.74. The zero-order chi connectivity index (χ0) is 32.7. The fraction of sp³-hybridized carbons (Fsp3) is 0.310. The molecule has 44 heavy (non-hydrogen) atoms. The number of thiophene rings is 1. The third-order valence-corrected chi connectivity index (χ3v) is 10.9. The lowest BCUT2D eigenvalue weighted by Gasteiger charge is -2.18. The highest BCUT2D eigenvalue weighted by Crippen LogP contribution is 2.39. The number of carboxylic acid groups (broad SMARTS) is 1. The molecule has 0 saturated carbocycles. The summed E-state index contributed by atoms with van der Waals surface area (Å²) in [6.45, 7) is 6.99. The number of benzene rings is 2. The standard InChI is InChI=1S/C29H34N4O7S4/c1-17-11-19(30)13-22(32-24(34)16-42-10-9-25(35)36)26(17)18-7-6-8-21(12-18)44(38,39)23-14-20(43-27(23)41-5)15-31-33-28(37)40-29(2,3)4/h6-8,11-15H,9-10,16,30H2,1-5H3,(H,32,34)(H,33,37)(H,35,36). The predicted octanol–water partition coefficient (Wildman–Crippen LogP) is 5.87. The second-order valence-corrected chi connectivity index (χ2v) is 15.6. The molecule has 0 aliphatic heterocycles. The van der Waals surface area contributed by atoms with Gasteiger partial charge in [0.2, 0.25) is 15.7 Å². The van der Waals surface area contributed by atoms with E-state index in [1.165, 1.54) is 53.2 Å². The molecule has 2 aromatic carbocycles. The van der Waals surface area contributed by atoms with E-state index in [4.69, 9.17) is 15.6 Å². The summed E-state index contributed by atoms with van der Waals surface area (Å²) in [6.07, 6.45) is 2.34. The van der Waals surface area contributed by atoms with Gasteiger partial charge in [0.05, 0.1) is 38.1 Å². The van der Waals surface area contributed by atoms with E-state index in [9.17, 15) is 22.8 Å². The molecule has 1 heterocycles. The lowest BCUT2D eigenvalue weighted by Crippen LogP contribution is -2.29. The molecule has 236 valence electrons. The Bertz CT molecular complexity index is 1680. The van der Waals surface area contributed by atoms with E-state index in [1.807, 2.05) is 6.92 Å². The van der Waals surface area contributed by atoms with Gasteiger partial charge in [0.25, 0.3) is 0 Å². The first-order chi connectivity index (χ1) is 20.6. The number of ether oxygens (including phenoxy) is 1. The van der Waals surface area contributed by atoms with Crippen molar-refractivity contribution in [2.75, 3.05) is 28.8 Å². The Morgan fingerprint density at radius 1 is 1.16 bits per heavy atom. The monoisotopic (exact) mass is 678 g/mol. The third-order valence-electron chi connectivity index (χ3n) is 5.66. The normalized spacial score (nSPS) is 11.8. The lowest BCUT2D eigenvalue weighted by molar-refractivity contribution is -0.136. The molecule has 2 amide bonds. The van der Waals surface area contributed by atoms with Crippen LogP contribution in [0.2, 0.25) is 0 Å². The maximum atomic E-state index is 13.9. The summed E-state index contributed by atoms with van der Waals surface area (Å²) in [6, 6.07) is 11.3. The number of nitrogens with two attached hydrogens (primary N) is 1. The van der Waals surface area contributed by atoms with Crippen molar-refractivity contribution in [3.8, 4) is 11.1 Å². The number of amides is 2. The summed E-state index contributed by atoms with van der Waals surface area (Å²) >= 11 is 3.69. The van der Waals surface area contributed by atoms with E-state index in [0.29, 0.717) is 37.3 Å². The van der Waals surface area contributed by atoms with Crippen LogP contribution in [-0.2, 0) is 24.2 Å². The SMILES string of the molecule is CSc1sc(C=NNC(=O)OC(C)(C)C)cc1S(=O)(=O)c1cccc(-c2c(C)cc(N)cc2NC(=O)CSCCC(=O)O)c1. The molecular formula is C29H34N4O7S4. The summed E-state index contributed by atoms with van der Waals surface area (Å²) in [5, 5.41) is 15.5. The molecule has 1 aromatic heterocycles. The number of thioether (sulfide) groups is 2. The number of aryl methyl sites for hydroxylation is 1. The van der Waals surface area contributed by atoms with Crippen LogP contribution >= 0.6 is 34.9 Å². The van der Waals surface area contributed by atoms with Crippen LogP contribution in [0.3, 0.4) is 0 Å². The Morgan fingerprint density at radius 2 is 1.89 bits per heavy atom. The van der Waals surface area contributed by atoms with Gasteiger partial charge in [0, 0.05) is 21.9 Å². The Morgan fingerprint density at radius 3 is 2.55 bits per heavy atom. The number of sulfone groups is 1. The first-order valence-electron chi connectivity index (χ1n) is 13.2. The van der Waals surface area contributed by atoms with Crippen molar-refractivity contribution in [3.05, 3.63) is 52.9 Å². The number of rotatable bonds is 12. The minimum Gasteiger partial charge on any atom is -0.481 e. The smallest absolute Gasteiger partial charge is 0.428 e. The number of nitrogen functional groups attached to an aromatic ring is 1. The Balaban J connectivity index is 1.90. The van der Waals surface area contributed by atoms with Crippen molar-refractivity contribution >= 4 is 80.3 Å². The maximum Gasteiger partial charge on any atom is 0.428 e. The summed E-state index contributed by atoms with van der Waals surface area (Å²) in [7, 11) is -3.98. The number of carbonyl (C=O) groups excluding carboxylic acids is 2. The minimum atomic E-state index is -3.98. The quantitative estimate of drug-likeness (QED) is 0.0596. The van der Waals surface area contributed by atoms with Gasteiger partial charge in [-0.05, 0) is 75.4 Å². The van der Waals surface area contributed by atoms with Crippen LogP contribution in [0, 0.1) is 6.92 Å². The number of nitrogens with zero attached hydrogens (tertiary/aromatic N) is 1. The van der Waals surface area contributed by atoms with Gasteiger partial charge in [-0.2, -0.15) is 16.9 Å². The van der Waals surface area contributed by atoms with Gasteiger partial charge < -0.3 is 20.9 Å². The lowest BCUT2D eigenvalue weighted by atomic mass is 9.97. The summed E-state index contributed by atoms with van der Waals surface area (Å²) < 4.78 is 33.4. The van der Waals surface area contributed by atoms with Crippen molar-refractivity contribution in [2.45, 2.75) is 53.7 Å². The molecule has 5 N–H and O–H groups in total. The number of aliphatic carboxylic acids is 1. The van der Waals surface area contributed by atoms with Gasteiger partial charge in [-0.1, -0.05) is 12.1 Å². The molecule has 0 unspecified atom stereocenters. The van der Waals surface area contributed by atoms with Gasteiger partial charge in [-0.25, -0.2) is 18.6 Å². The minimum absolute atomic E-state index is 0.0452. The van der Waals surface area contributed by atoms with Crippen LogP contribution in [0.15, 0.2) is 61.6 Å². The average Bonchev–Trinajstić information content (AvgIpc) is 3.34. The zero-order valence-corrected chi connectivity index (χ0v) is 28.1. The van der Waals surface area contributed by atoms with E-state index >= 15 is 0 Å². The van der Waals surface area contributed by atoms with Crippen LogP contribution in [0.4, 0.5) is 16.2 Å². The van der Waals surface area contributed by atoms with Crippen molar-refractivity contribution in [1.29, 1.82) is 0 Å². The zero-order valence-electron chi connectivity index (χ0n) is 24.8. The van der Waals surface area contributed by atoms with Crippen molar-refractivity contribution in [3.63, 3.8) is 0 Å². The summed E-state index contributed by atoms with van der Waals surface area (Å²) in [5.74, 6) is -0.939.